The minimum atomic E-state index is 0.598. The van der Waals surface area contributed by atoms with Crippen LogP contribution >= 0.6 is 11.8 Å². The molecule has 2 aromatic rings. The summed E-state index contributed by atoms with van der Waals surface area (Å²) in [6.07, 6.45) is 2.04. The molecule has 0 amide bonds. The summed E-state index contributed by atoms with van der Waals surface area (Å²) in [7, 11) is 1.61. The third-order valence-electron chi connectivity index (χ3n) is 2.20. The molecule has 0 aliphatic carbocycles. The Morgan fingerprint density at radius 3 is 2.67 bits per heavy atom. The molecular formula is C11H12N2OS. The van der Waals surface area contributed by atoms with Crippen LogP contribution in [0.15, 0.2) is 23.1 Å². The van der Waals surface area contributed by atoms with Gasteiger partial charge in [-0.1, -0.05) is 0 Å². The first kappa shape index (κ1) is 10.2. The second-order valence-corrected chi connectivity index (χ2v) is 4.05. The molecule has 78 valence electrons. The number of aryl methyl sites for hydroxylation is 1. The molecule has 0 saturated carbocycles. The Bertz CT molecular complexity index is 499. The minimum absolute atomic E-state index is 0.598. The number of hydrogen-bond acceptors (Lipinski definition) is 4. The average Bonchev–Trinajstić information content (AvgIpc) is 2.27. The Kier molecular flexibility index (Phi) is 2.77. The molecule has 0 unspecified atom stereocenters. The van der Waals surface area contributed by atoms with Gasteiger partial charge in [0.25, 0.3) is 0 Å². The molecule has 0 spiro atoms. The zero-order valence-corrected chi connectivity index (χ0v) is 9.76. The quantitative estimate of drug-likeness (QED) is 0.729. The highest BCUT2D eigenvalue weighted by molar-refractivity contribution is 7.98. The van der Waals surface area contributed by atoms with Crippen LogP contribution in [-0.2, 0) is 0 Å². The molecule has 0 saturated heterocycles. The van der Waals surface area contributed by atoms with Gasteiger partial charge in [0.1, 0.15) is 5.69 Å². The fourth-order valence-corrected chi connectivity index (χ4v) is 1.86. The van der Waals surface area contributed by atoms with E-state index in [1.54, 1.807) is 18.9 Å². The third-order valence-corrected chi connectivity index (χ3v) is 2.92. The lowest BCUT2D eigenvalue weighted by atomic mass is 10.3. The number of rotatable bonds is 2. The van der Waals surface area contributed by atoms with Crippen molar-refractivity contribution in [3.63, 3.8) is 0 Å². The van der Waals surface area contributed by atoms with E-state index in [0.717, 1.165) is 16.7 Å². The lowest BCUT2D eigenvalue weighted by Crippen LogP contribution is -1.95. The largest absolute Gasteiger partial charge is 0.480 e. The van der Waals surface area contributed by atoms with Crippen LogP contribution in [0.4, 0.5) is 0 Å². The molecule has 0 bridgehead atoms. The van der Waals surface area contributed by atoms with Crippen LogP contribution in [0.5, 0.6) is 5.88 Å². The van der Waals surface area contributed by atoms with Crippen molar-refractivity contribution < 1.29 is 4.74 Å². The molecular weight excluding hydrogens is 208 g/mol. The van der Waals surface area contributed by atoms with Gasteiger partial charge in [-0.15, -0.1) is 11.8 Å². The summed E-state index contributed by atoms with van der Waals surface area (Å²) in [6, 6.07) is 6.06. The number of thioether (sulfide) groups is 1. The predicted molar refractivity (Wildman–Crippen MR) is 62.6 cm³/mol. The SMILES string of the molecule is COc1nc2cc(SC)ccc2nc1C. The number of methoxy groups -OCH3 is 1. The Morgan fingerprint density at radius 2 is 2.00 bits per heavy atom. The van der Waals surface area contributed by atoms with Crippen LogP contribution in [-0.4, -0.2) is 23.3 Å². The number of hydrogen-bond donors (Lipinski definition) is 0. The zero-order valence-electron chi connectivity index (χ0n) is 8.94. The first-order chi connectivity index (χ1) is 7.24. The number of ether oxygens (including phenoxy) is 1. The summed E-state index contributed by atoms with van der Waals surface area (Å²) in [4.78, 5) is 10.0. The number of nitrogens with zero attached hydrogens (tertiary/aromatic N) is 2. The summed E-state index contributed by atoms with van der Waals surface area (Å²) in [5.41, 5.74) is 2.61. The highest BCUT2D eigenvalue weighted by Crippen LogP contribution is 2.22. The third kappa shape index (κ3) is 1.90. The minimum Gasteiger partial charge on any atom is -0.480 e. The topological polar surface area (TPSA) is 35.0 Å². The highest BCUT2D eigenvalue weighted by Gasteiger charge is 2.05. The van der Waals surface area contributed by atoms with Crippen molar-refractivity contribution in [2.24, 2.45) is 0 Å². The van der Waals surface area contributed by atoms with Gasteiger partial charge in [0, 0.05) is 4.90 Å². The second-order valence-electron chi connectivity index (χ2n) is 3.17. The van der Waals surface area contributed by atoms with Gasteiger partial charge < -0.3 is 4.74 Å². The molecule has 3 nitrogen and oxygen atoms in total. The van der Waals surface area contributed by atoms with Crippen molar-refractivity contribution in [1.29, 1.82) is 0 Å². The van der Waals surface area contributed by atoms with Crippen LogP contribution in [0.1, 0.15) is 5.69 Å². The van der Waals surface area contributed by atoms with Crippen LogP contribution in [0.3, 0.4) is 0 Å². The van der Waals surface area contributed by atoms with Gasteiger partial charge in [-0.05, 0) is 31.4 Å². The van der Waals surface area contributed by atoms with Crippen molar-refractivity contribution in [3.05, 3.63) is 23.9 Å². The summed E-state index contributed by atoms with van der Waals surface area (Å²) in [5.74, 6) is 0.598. The zero-order chi connectivity index (χ0) is 10.8. The molecule has 0 fully saturated rings. The molecule has 0 aliphatic rings. The summed E-state index contributed by atoms with van der Waals surface area (Å²) < 4.78 is 5.15. The molecule has 0 atom stereocenters. The highest BCUT2D eigenvalue weighted by atomic mass is 32.2. The first-order valence-electron chi connectivity index (χ1n) is 4.61. The van der Waals surface area contributed by atoms with Crippen LogP contribution in [0, 0.1) is 6.92 Å². The van der Waals surface area contributed by atoms with E-state index in [1.807, 2.05) is 31.4 Å². The molecule has 1 aromatic heterocycles. The second kappa shape index (κ2) is 4.06. The predicted octanol–water partition coefficient (Wildman–Crippen LogP) is 2.67. The van der Waals surface area contributed by atoms with E-state index in [-0.39, 0.29) is 0 Å². The molecule has 15 heavy (non-hydrogen) atoms. The van der Waals surface area contributed by atoms with Crippen molar-refractivity contribution in [1.82, 2.24) is 9.97 Å². The van der Waals surface area contributed by atoms with Crippen molar-refractivity contribution >= 4 is 22.8 Å². The average molecular weight is 220 g/mol. The van der Waals surface area contributed by atoms with Gasteiger partial charge in [-0.2, -0.15) is 0 Å². The van der Waals surface area contributed by atoms with Crippen molar-refractivity contribution in [2.75, 3.05) is 13.4 Å². The standard InChI is InChI=1S/C11H12N2OS/c1-7-11(14-2)13-10-6-8(15-3)4-5-9(10)12-7/h4-6H,1-3H3. The van der Waals surface area contributed by atoms with E-state index < -0.39 is 0 Å². The monoisotopic (exact) mass is 220 g/mol. The van der Waals surface area contributed by atoms with Gasteiger partial charge >= 0.3 is 0 Å². The first-order valence-corrected chi connectivity index (χ1v) is 5.83. The summed E-state index contributed by atoms with van der Waals surface area (Å²) in [6.45, 7) is 1.90. The smallest absolute Gasteiger partial charge is 0.235 e. The normalized spacial score (nSPS) is 10.6. The lowest BCUT2D eigenvalue weighted by molar-refractivity contribution is 0.394. The van der Waals surface area contributed by atoms with E-state index in [2.05, 4.69) is 9.97 Å². The fraction of sp³-hybridized carbons (Fsp3) is 0.273. The van der Waals surface area contributed by atoms with Crippen LogP contribution in [0.25, 0.3) is 11.0 Å². The Labute approximate surface area is 92.9 Å². The van der Waals surface area contributed by atoms with Crippen LogP contribution < -0.4 is 4.74 Å². The maximum atomic E-state index is 5.15. The van der Waals surface area contributed by atoms with Gasteiger partial charge in [0.2, 0.25) is 5.88 Å². The van der Waals surface area contributed by atoms with Gasteiger partial charge in [0.15, 0.2) is 0 Å². The summed E-state index contributed by atoms with van der Waals surface area (Å²) in [5, 5.41) is 0. The van der Waals surface area contributed by atoms with E-state index in [1.165, 1.54) is 4.90 Å². The molecule has 1 aromatic carbocycles. The van der Waals surface area contributed by atoms with E-state index in [9.17, 15) is 0 Å². The Morgan fingerprint density at radius 1 is 1.20 bits per heavy atom. The molecule has 0 N–H and O–H groups in total. The van der Waals surface area contributed by atoms with E-state index >= 15 is 0 Å². The molecule has 4 heteroatoms. The van der Waals surface area contributed by atoms with E-state index in [0.29, 0.717) is 5.88 Å². The molecule has 0 aliphatic heterocycles. The Hall–Kier alpha value is -1.29. The van der Waals surface area contributed by atoms with Crippen LogP contribution in [0.2, 0.25) is 0 Å². The lowest BCUT2D eigenvalue weighted by Gasteiger charge is -2.05. The fourth-order valence-electron chi connectivity index (χ4n) is 1.43. The van der Waals surface area contributed by atoms with Gasteiger partial charge in [-0.3, -0.25) is 0 Å². The van der Waals surface area contributed by atoms with Crippen molar-refractivity contribution in [2.45, 2.75) is 11.8 Å². The van der Waals surface area contributed by atoms with Gasteiger partial charge in [-0.25, -0.2) is 9.97 Å². The number of aromatic nitrogens is 2. The Balaban J connectivity index is 2.66. The molecule has 1 heterocycles. The van der Waals surface area contributed by atoms with Crippen molar-refractivity contribution in [3.8, 4) is 5.88 Å². The van der Waals surface area contributed by atoms with Gasteiger partial charge in [0.05, 0.1) is 18.1 Å². The molecule has 0 radical (unpaired) electrons. The maximum absolute atomic E-state index is 5.15. The van der Waals surface area contributed by atoms with E-state index in [4.69, 9.17) is 4.74 Å². The summed E-state index contributed by atoms with van der Waals surface area (Å²) >= 11 is 1.69. The molecule has 2 rings (SSSR count). The number of fused-ring (bicyclic) bond motifs is 1. The maximum Gasteiger partial charge on any atom is 0.235 e. The number of benzene rings is 1.